The molecule has 0 heterocycles. The molecule has 1 aromatic carbocycles. The fourth-order valence-electron chi connectivity index (χ4n) is 3.77. The molecule has 0 bridgehead atoms. The lowest BCUT2D eigenvalue weighted by atomic mass is 9.66. The molecule has 0 saturated heterocycles. The first kappa shape index (κ1) is 17.8. The van der Waals surface area contributed by atoms with Crippen molar-refractivity contribution in [3.63, 3.8) is 0 Å². The number of carbonyl (C=O) groups excluding carboxylic acids is 1. The second kappa shape index (κ2) is 7.35. The molecular weight excluding hydrogens is 290 g/mol. The highest BCUT2D eigenvalue weighted by Gasteiger charge is 2.48. The third-order valence-corrected chi connectivity index (χ3v) is 5.08. The van der Waals surface area contributed by atoms with Gasteiger partial charge in [0.2, 0.25) is 0 Å². The van der Waals surface area contributed by atoms with E-state index in [1.807, 2.05) is 12.1 Å². The molecule has 1 amide bonds. The van der Waals surface area contributed by atoms with Crippen LogP contribution in [-0.4, -0.2) is 28.3 Å². The molecule has 128 valence electrons. The van der Waals surface area contributed by atoms with Crippen molar-refractivity contribution < 1.29 is 15.0 Å². The standard InChI is InChI=1S/C19H29NO3/c1-13(2)17-9-4-14(3)12-19(17,23)18(22)20-11-10-15-5-7-16(21)8-6-15/h5-8,13-14,17,21,23H,4,9-12H2,1-3H3,(H,20,22). The van der Waals surface area contributed by atoms with E-state index in [4.69, 9.17) is 0 Å². The molecule has 0 radical (unpaired) electrons. The van der Waals surface area contributed by atoms with Gasteiger partial charge in [0.15, 0.2) is 0 Å². The largest absolute Gasteiger partial charge is 0.508 e. The van der Waals surface area contributed by atoms with Crippen LogP contribution in [0.5, 0.6) is 5.75 Å². The summed E-state index contributed by atoms with van der Waals surface area (Å²) in [7, 11) is 0. The summed E-state index contributed by atoms with van der Waals surface area (Å²) in [6.07, 6.45) is 3.21. The van der Waals surface area contributed by atoms with Gasteiger partial charge in [0.25, 0.3) is 5.91 Å². The van der Waals surface area contributed by atoms with Crippen molar-refractivity contribution in [1.29, 1.82) is 0 Å². The smallest absolute Gasteiger partial charge is 0.252 e. The van der Waals surface area contributed by atoms with E-state index in [0.717, 1.165) is 18.4 Å². The molecule has 3 unspecified atom stereocenters. The number of aromatic hydroxyl groups is 1. The average Bonchev–Trinajstić information content (AvgIpc) is 2.48. The van der Waals surface area contributed by atoms with Gasteiger partial charge in [-0.25, -0.2) is 0 Å². The second-order valence-electron chi connectivity index (χ2n) is 7.33. The molecule has 4 heteroatoms. The topological polar surface area (TPSA) is 69.6 Å². The Morgan fingerprint density at radius 2 is 1.96 bits per heavy atom. The normalized spacial score (nSPS) is 27.9. The van der Waals surface area contributed by atoms with Crippen LogP contribution in [0.15, 0.2) is 24.3 Å². The van der Waals surface area contributed by atoms with Gasteiger partial charge in [0.05, 0.1) is 0 Å². The van der Waals surface area contributed by atoms with E-state index in [9.17, 15) is 15.0 Å². The summed E-state index contributed by atoms with van der Waals surface area (Å²) < 4.78 is 0. The van der Waals surface area contributed by atoms with Gasteiger partial charge >= 0.3 is 0 Å². The van der Waals surface area contributed by atoms with Crippen molar-refractivity contribution in [2.24, 2.45) is 17.8 Å². The quantitative estimate of drug-likeness (QED) is 0.781. The number of phenols is 1. The molecule has 3 N–H and O–H groups in total. The van der Waals surface area contributed by atoms with Crippen LogP contribution in [0.1, 0.15) is 45.6 Å². The maximum atomic E-state index is 12.6. The Bertz CT molecular complexity index is 526. The van der Waals surface area contributed by atoms with Gasteiger partial charge < -0.3 is 15.5 Å². The minimum absolute atomic E-state index is 0.0207. The Balaban J connectivity index is 1.95. The summed E-state index contributed by atoms with van der Waals surface area (Å²) >= 11 is 0. The maximum Gasteiger partial charge on any atom is 0.252 e. The number of amides is 1. The van der Waals surface area contributed by atoms with E-state index in [1.165, 1.54) is 0 Å². The molecule has 4 nitrogen and oxygen atoms in total. The predicted molar refractivity (Wildman–Crippen MR) is 91.1 cm³/mol. The molecule has 1 aromatic rings. The van der Waals surface area contributed by atoms with E-state index >= 15 is 0 Å². The number of nitrogens with one attached hydrogen (secondary N) is 1. The summed E-state index contributed by atoms with van der Waals surface area (Å²) in [5, 5.41) is 23.2. The highest BCUT2D eigenvalue weighted by atomic mass is 16.3. The van der Waals surface area contributed by atoms with Gasteiger partial charge in [0, 0.05) is 6.54 Å². The molecule has 1 aliphatic rings. The highest BCUT2D eigenvalue weighted by Crippen LogP contribution is 2.41. The van der Waals surface area contributed by atoms with E-state index in [1.54, 1.807) is 12.1 Å². The van der Waals surface area contributed by atoms with Crippen molar-refractivity contribution in [3.8, 4) is 5.75 Å². The Hall–Kier alpha value is -1.55. The number of rotatable bonds is 5. The highest BCUT2D eigenvalue weighted by molar-refractivity contribution is 5.85. The molecule has 1 fully saturated rings. The van der Waals surface area contributed by atoms with E-state index < -0.39 is 5.60 Å². The third kappa shape index (κ3) is 4.25. The fourth-order valence-corrected chi connectivity index (χ4v) is 3.77. The molecule has 0 aliphatic heterocycles. The van der Waals surface area contributed by atoms with Crippen molar-refractivity contribution in [3.05, 3.63) is 29.8 Å². The lowest BCUT2D eigenvalue weighted by molar-refractivity contribution is -0.155. The molecule has 3 atom stereocenters. The van der Waals surface area contributed by atoms with Gasteiger partial charge in [-0.15, -0.1) is 0 Å². The molecule has 1 aliphatic carbocycles. The molecule has 23 heavy (non-hydrogen) atoms. The zero-order valence-electron chi connectivity index (χ0n) is 14.4. The summed E-state index contributed by atoms with van der Waals surface area (Å²) in [4.78, 5) is 12.6. The van der Waals surface area contributed by atoms with Crippen LogP contribution in [0.4, 0.5) is 0 Å². The van der Waals surface area contributed by atoms with Gasteiger partial charge in [0.1, 0.15) is 11.4 Å². The van der Waals surface area contributed by atoms with Gasteiger partial charge in [-0.1, -0.05) is 39.3 Å². The van der Waals surface area contributed by atoms with E-state index in [0.29, 0.717) is 25.3 Å². The Morgan fingerprint density at radius 1 is 1.30 bits per heavy atom. The van der Waals surface area contributed by atoms with Gasteiger partial charge in [-0.05, 0) is 54.7 Å². The molecule has 0 spiro atoms. The van der Waals surface area contributed by atoms with Crippen LogP contribution >= 0.6 is 0 Å². The Kier molecular flexibility index (Phi) is 5.69. The Morgan fingerprint density at radius 3 is 2.57 bits per heavy atom. The number of hydrogen-bond donors (Lipinski definition) is 3. The van der Waals surface area contributed by atoms with E-state index in [2.05, 4.69) is 26.1 Å². The van der Waals surface area contributed by atoms with Crippen molar-refractivity contribution >= 4 is 5.91 Å². The first-order valence-corrected chi connectivity index (χ1v) is 8.61. The second-order valence-corrected chi connectivity index (χ2v) is 7.33. The first-order chi connectivity index (χ1) is 10.8. The summed E-state index contributed by atoms with van der Waals surface area (Å²) in [6.45, 7) is 6.75. The van der Waals surface area contributed by atoms with Crippen molar-refractivity contribution in [1.82, 2.24) is 5.32 Å². The number of carbonyl (C=O) groups is 1. The minimum atomic E-state index is -1.25. The molecular formula is C19H29NO3. The molecule has 2 rings (SSSR count). The molecule has 0 aromatic heterocycles. The van der Waals surface area contributed by atoms with Gasteiger partial charge in [-0.3, -0.25) is 4.79 Å². The Labute approximate surface area is 138 Å². The zero-order valence-corrected chi connectivity index (χ0v) is 14.4. The predicted octanol–water partition coefficient (Wildman–Crippen LogP) is 2.87. The van der Waals surface area contributed by atoms with Crippen LogP contribution in [0.25, 0.3) is 0 Å². The lowest BCUT2D eigenvalue weighted by Crippen LogP contribution is -2.56. The fraction of sp³-hybridized carbons (Fsp3) is 0.632. The van der Waals surface area contributed by atoms with Crippen LogP contribution in [0, 0.1) is 17.8 Å². The van der Waals surface area contributed by atoms with Crippen LogP contribution in [0.2, 0.25) is 0 Å². The average molecular weight is 319 g/mol. The number of phenolic OH excluding ortho intramolecular Hbond substituents is 1. The molecule has 1 saturated carbocycles. The third-order valence-electron chi connectivity index (χ3n) is 5.08. The summed E-state index contributed by atoms with van der Waals surface area (Å²) in [6, 6.07) is 6.97. The van der Waals surface area contributed by atoms with Crippen LogP contribution < -0.4 is 5.32 Å². The number of aliphatic hydroxyl groups is 1. The van der Waals surface area contributed by atoms with Crippen LogP contribution in [0.3, 0.4) is 0 Å². The SMILES string of the molecule is CC1CCC(C(C)C)C(O)(C(=O)NCCc2ccc(O)cc2)C1. The maximum absolute atomic E-state index is 12.6. The van der Waals surface area contributed by atoms with E-state index in [-0.39, 0.29) is 23.5 Å². The van der Waals surface area contributed by atoms with Crippen LogP contribution in [-0.2, 0) is 11.2 Å². The number of benzene rings is 1. The summed E-state index contributed by atoms with van der Waals surface area (Å²) in [5.74, 6) is 0.685. The minimum Gasteiger partial charge on any atom is -0.508 e. The van der Waals surface area contributed by atoms with Gasteiger partial charge in [-0.2, -0.15) is 0 Å². The van der Waals surface area contributed by atoms with Crippen molar-refractivity contribution in [2.75, 3.05) is 6.54 Å². The lowest BCUT2D eigenvalue weighted by Gasteiger charge is -2.43. The number of hydrogen-bond acceptors (Lipinski definition) is 3. The zero-order chi connectivity index (χ0) is 17.0. The monoisotopic (exact) mass is 319 g/mol. The first-order valence-electron chi connectivity index (χ1n) is 8.61. The van der Waals surface area contributed by atoms with Crippen molar-refractivity contribution in [2.45, 2.75) is 52.1 Å². The summed E-state index contributed by atoms with van der Waals surface area (Å²) in [5.41, 5.74) is -0.201.